The molecule has 0 saturated heterocycles. The molecule has 0 aliphatic rings. The zero-order valence-corrected chi connectivity index (χ0v) is 13.6. The van der Waals surface area contributed by atoms with Gasteiger partial charge in [0.1, 0.15) is 0 Å². The second-order valence-electron chi connectivity index (χ2n) is 5.20. The zero-order valence-electron chi connectivity index (χ0n) is 13.6. The fourth-order valence-electron chi connectivity index (χ4n) is 2.05. The molecule has 2 N–H and O–H groups in total. The third-order valence-electron chi connectivity index (χ3n) is 3.32. The first-order chi connectivity index (χ1) is 12.2. The number of primary amides is 1. The molecule has 0 aliphatic heterocycles. The first kappa shape index (κ1) is 19.4. The Bertz CT molecular complexity index is 774. The molecular weight excluding hydrogens is 357 g/mol. The number of methoxy groups -OCH3 is 1. The third-order valence-corrected chi connectivity index (χ3v) is 3.32. The molecule has 0 atom stereocenters. The van der Waals surface area contributed by atoms with Crippen LogP contribution < -0.4 is 5.73 Å². The number of hydrogen-bond acceptors (Lipinski definition) is 6. The van der Waals surface area contributed by atoms with E-state index in [1.807, 2.05) is 0 Å². The fraction of sp³-hybridized carbons (Fsp3) is 0.333. The Balaban J connectivity index is 2.13. The van der Waals surface area contributed by atoms with Crippen molar-refractivity contribution in [2.24, 2.45) is 5.73 Å². The van der Waals surface area contributed by atoms with Gasteiger partial charge in [-0.25, -0.2) is 0 Å². The van der Waals surface area contributed by atoms with Crippen LogP contribution in [0.3, 0.4) is 0 Å². The van der Waals surface area contributed by atoms with E-state index in [9.17, 15) is 22.8 Å². The van der Waals surface area contributed by atoms with Gasteiger partial charge in [0.15, 0.2) is 0 Å². The van der Waals surface area contributed by atoms with Gasteiger partial charge in [-0.3, -0.25) is 9.59 Å². The average Bonchev–Trinajstić information content (AvgIpc) is 3.09. The molecular formula is C15H15F3N4O4. The molecule has 2 amide bonds. The first-order valence-electron chi connectivity index (χ1n) is 7.30. The van der Waals surface area contributed by atoms with Crippen LogP contribution >= 0.6 is 0 Å². The fourth-order valence-corrected chi connectivity index (χ4v) is 2.05. The lowest BCUT2D eigenvalue weighted by molar-refractivity contribution is -0.159. The average molecular weight is 372 g/mol. The van der Waals surface area contributed by atoms with E-state index in [0.29, 0.717) is 11.1 Å². The molecule has 26 heavy (non-hydrogen) atoms. The van der Waals surface area contributed by atoms with Crippen molar-refractivity contribution in [3.8, 4) is 11.4 Å². The van der Waals surface area contributed by atoms with Crippen molar-refractivity contribution < 1.29 is 32.0 Å². The maximum absolute atomic E-state index is 12.5. The number of amides is 2. The summed E-state index contributed by atoms with van der Waals surface area (Å²) >= 11 is 0. The van der Waals surface area contributed by atoms with E-state index in [4.69, 9.17) is 10.5 Å². The Morgan fingerprint density at radius 2 is 1.92 bits per heavy atom. The van der Waals surface area contributed by atoms with Crippen molar-refractivity contribution in [1.82, 2.24) is 15.0 Å². The lowest BCUT2D eigenvalue weighted by Crippen LogP contribution is -2.41. The van der Waals surface area contributed by atoms with E-state index in [-0.39, 0.29) is 25.5 Å². The van der Waals surface area contributed by atoms with Gasteiger partial charge in [0.2, 0.25) is 5.82 Å². The van der Waals surface area contributed by atoms with E-state index in [1.54, 1.807) is 12.1 Å². The first-order valence-corrected chi connectivity index (χ1v) is 7.30. The summed E-state index contributed by atoms with van der Waals surface area (Å²) < 4.78 is 46.5. The number of nitrogens with zero attached hydrogens (tertiary/aromatic N) is 3. The van der Waals surface area contributed by atoms with Crippen molar-refractivity contribution >= 4 is 11.8 Å². The molecule has 0 fully saturated rings. The minimum Gasteiger partial charge on any atom is -0.383 e. The van der Waals surface area contributed by atoms with Crippen LogP contribution in [0.4, 0.5) is 13.2 Å². The number of alkyl halides is 3. The predicted molar refractivity (Wildman–Crippen MR) is 81.2 cm³/mol. The Morgan fingerprint density at radius 1 is 1.27 bits per heavy atom. The minimum atomic E-state index is -4.72. The molecule has 1 heterocycles. The molecule has 2 rings (SSSR count). The van der Waals surface area contributed by atoms with Crippen LogP contribution in [0.5, 0.6) is 0 Å². The number of benzene rings is 1. The van der Waals surface area contributed by atoms with Crippen molar-refractivity contribution in [1.29, 1.82) is 0 Å². The Kier molecular flexibility index (Phi) is 5.93. The lowest BCUT2D eigenvalue weighted by Gasteiger charge is -2.20. The molecule has 0 unspecified atom stereocenters. The van der Waals surface area contributed by atoms with E-state index in [0.717, 1.165) is 0 Å². The van der Waals surface area contributed by atoms with E-state index >= 15 is 0 Å². The van der Waals surface area contributed by atoms with Crippen LogP contribution in [0.15, 0.2) is 28.8 Å². The van der Waals surface area contributed by atoms with Crippen molar-refractivity contribution in [3.63, 3.8) is 0 Å². The second-order valence-corrected chi connectivity index (χ2v) is 5.20. The lowest BCUT2D eigenvalue weighted by atomic mass is 10.1. The zero-order chi connectivity index (χ0) is 19.3. The number of rotatable bonds is 6. The van der Waals surface area contributed by atoms with Gasteiger partial charge in [-0.2, -0.15) is 18.2 Å². The Hall–Kier alpha value is -2.95. The van der Waals surface area contributed by atoms with E-state index < -0.39 is 23.9 Å². The van der Waals surface area contributed by atoms with Gasteiger partial charge in [0, 0.05) is 25.8 Å². The molecule has 0 aliphatic carbocycles. The monoisotopic (exact) mass is 372 g/mol. The molecule has 1 aromatic carbocycles. The number of halogens is 3. The van der Waals surface area contributed by atoms with Gasteiger partial charge < -0.3 is 19.9 Å². The number of carbonyl (C=O) groups excluding carboxylic acids is 2. The maximum Gasteiger partial charge on any atom is 0.471 e. The molecule has 0 bridgehead atoms. The molecule has 0 spiro atoms. The van der Waals surface area contributed by atoms with Gasteiger partial charge in [-0.1, -0.05) is 29.4 Å². The van der Waals surface area contributed by atoms with Gasteiger partial charge >= 0.3 is 23.9 Å². The predicted octanol–water partition coefficient (Wildman–Crippen LogP) is 1.22. The summed E-state index contributed by atoms with van der Waals surface area (Å²) in [6.45, 7) is 0.436. The largest absolute Gasteiger partial charge is 0.471 e. The van der Waals surface area contributed by atoms with Crippen LogP contribution in [0.25, 0.3) is 11.4 Å². The van der Waals surface area contributed by atoms with Crippen LogP contribution in [0.2, 0.25) is 0 Å². The second kappa shape index (κ2) is 7.95. The summed E-state index contributed by atoms with van der Waals surface area (Å²) in [7, 11) is 1.45. The molecule has 11 heteroatoms. The highest BCUT2D eigenvalue weighted by atomic mass is 19.4. The quantitative estimate of drug-likeness (QED) is 0.763. The summed E-state index contributed by atoms with van der Waals surface area (Å²) in [6, 6.07) is 6.08. The summed E-state index contributed by atoms with van der Waals surface area (Å²) in [5.41, 5.74) is 5.94. The molecule has 8 nitrogen and oxygen atoms in total. The summed E-state index contributed by atoms with van der Waals surface area (Å²) in [4.78, 5) is 27.4. The van der Waals surface area contributed by atoms with Gasteiger partial charge in [-0.05, 0) is 5.56 Å². The van der Waals surface area contributed by atoms with Gasteiger partial charge in [-0.15, -0.1) is 0 Å². The molecule has 1 aromatic heterocycles. The van der Waals surface area contributed by atoms with Crippen molar-refractivity contribution in [2.75, 3.05) is 20.3 Å². The smallest absolute Gasteiger partial charge is 0.383 e. The number of nitrogens with two attached hydrogens (primary N) is 1. The van der Waals surface area contributed by atoms with Crippen molar-refractivity contribution in [2.45, 2.75) is 12.7 Å². The SMILES string of the molecule is COCCN(Cc1ccc(-c2noc(C(F)(F)F)n2)cc1)C(=O)C(N)=O. The number of ether oxygens (including phenoxy) is 1. The standard InChI is InChI=1S/C15H15F3N4O4/c1-25-7-6-22(13(24)11(19)23)8-9-2-4-10(5-3-9)12-20-14(26-21-12)15(16,17)18/h2-5H,6-8H2,1H3,(H2,19,23). The molecule has 0 radical (unpaired) electrons. The minimum absolute atomic E-state index is 0.0749. The number of carbonyl (C=O) groups is 2. The number of hydrogen-bond donors (Lipinski definition) is 1. The number of aromatic nitrogens is 2. The van der Waals surface area contributed by atoms with Crippen LogP contribution in [-0.4, -0.2) is 47.1 Å². The summed E-state index contributed by atoms with van der Waals surface area (Å²) in [5, 5.41) is 3.29. The van der Waals surface area contributed by atoms with Crippen LogP contribution in [0.1, 0.15) is 11.5 Å². The third kappa shape index (κ3) is 4.79. The highest BCUT2D eigenvalue weighted by Gasteiger charge is 2.38. The van der Waals surface area contributed by atoms with E-state index in [1.165, 1.54) is 24.1 Å². The van der Waals surface area contributed by atoms with Crippen molar-refractivity contribution in [3.05, 3.63) is 35.7 Å². The molecule has 2 aromatic rings. The summed E-state index contributed by atoms with van der Waals surface area (Å²) in [6.07, 6.45) is -4.72. The Morgan fingerprint density at radius 3 is 2.42 bits per heavy atom. The Labute approximate surface area is 145 Å². The highest BCUT2D eigenvalue weighted by Crippen LogP contribution is 2.29. The van der Waals surface area contributed by atoms with Crippen LogP contribution in [-0.2, 0) is 27.0 Å². The van der Waals surface area contributed by atoms with E-state index in [2.05, 4.69) is 14.7 Å². The topological polar surface area (TPSA) is 112 Å². The molecule has 140 valence electrons. The normalized spacial score (nSPS) is 11.4. The molecule has 0 saturated carbocycles. The highest BCUT2D eigenvalue weighted by molar-refractivity contribution is 6.34. The van der Waals surface area contributed by atoms with Gasteiger partial charge in [0.25, 0.3) is 0 Å². The summed E-state index contributed by atoms with van der Waals surface area (Å²) in [5.74, 6) is -3.61. The van der Waals surface area contributed by atoms with Gasteiger partial charge in [0.05, 0.1) is 6.61 Å². The van der Waals surface area contributed by atoms with Crippen LogP contribution in [0, 0.1) is 0 Å². The maximum atomic E-state index is 12.5.